The van der Waals surface area contributed by atoms with Crippen molar-refractivity contribution in [3.05, 3.63) is 63.5 Å². The van der Waals surface area contributed by atoms with Gasteiger partial charge in [-0.05, 0) is 24.1 Å². The van der Waals surface area contributed by atoms with Gasteiger partial charge < -0.3 is 19.5 Å². The van der Waals surface area contributed by atoms with Crippen molar-refractivity contribution >= 4 is 17.6 Å². The first-order valence-electron chi connectivity index (χ1n) is 8.44. The average molecular weight is 406 g/mol. The zero-order valence-electron chi connectivity index (χ0n) is 15.8. The summed E-state index contributed by atoms with van der Waals surface area (Å²) in [6.45, 7) is -0.369. The molecule has 1 N–H and O–H groups in total. The van der Waals surface area contributed by atoms with Gasteiger partial charge >= 0.3 is 5.97 Å². The van der Waals surface area contributed by atoms with Crippen molar-refractivity contribution in [2.75, 3.05) is 27.4 Å². The number of rotatable bonds is 9. The highest BCUT2D eigenvalue weighted by atomic mass is 19.1. The standard InChI is InChI=1S/C19H19FN2O7/c1-27-16-9-14(15(22(25)26)10-17(16)28-2)19(24)29-11-18(23)21-8-7-12-3-5-13(20)6-4-12/h3-6,9-10H,7-8,11H2,1-2H3,(H,21,23). The fraction of sp³-hybridized carbons (Fsp3) is 0.263. The van der Waals surface area contributed by atoms with E-state index < -0.39 is 29.1 Å². The van der Waals surface area contributed by atoms with Gasteiger partial charge in [-0.15, -0.1) is 0 Å². The van der Waals surface area contributed by atoms with Gasteiger partial charge in [0.25, 0.3) is 11.6 Å². The van der Waals surface area contributed by atoms with Gasteiger partial charge in [0.1, 0.15) is 11.4 Å². The number of benzene rings is 2. The highest BCUT2D eigenvalue weighted by Crippen LogP contribution is 2.34. The number of nitro benzene ring substituents is 1. The molecule has 0 aliphatic carbocycles. The smallest absolute Gasteiger partial charge is 0.345 e. The number of methoxy groups -OCH3 is 2. The molecule has 2 rings (SSSR count). The highest BCUT2D eigenvalue weighted by molar-refractivity contribution is 5.96. The van der Waals surface area contributed by atoms with Gasteiger partial charge in [0, 0.05) is 12.6 Å². The number of halogens is 1. The Bertz CT molecular complexity index is 900. The van der Waals surface area contributed by atoms with Crippen LogP contribution in [0.2, 0.25) is 0 Å². The Balaban J connectivity index is 1.94. The van der Waals surface area contributed by atoms with E-state index in [2.05, 4.69) is 5.32 Å². The minimum absolute atomic E-state index is 0.0780. The molecule has 10 heteroatoms. The number of esters is 1. The van der Waals surface area contributed by atoms with Crippen LogP contribution in [0.5, 0.6) is 11.5 Å². The van der Waals surface area contributed by atoms with Gasteiger partial charge in [0.2, 0.25) is 0 Å². The van der Waals surface area contributed by atoms with E-state index in [1.165, 1.54) is 26.4 Å². The first kappa shape index (κ1) is 21.6. The molecule has 2 aromatic rings. The van der Waals surface area contributed by atoms with Crippen LogP contribution in [0.15, 0.2) is 36.4 Å². The Morgan fingerprint density at radius 1 is 1.10 bits per heavy atom. The number of amides is 1. The lowest BCUT2D eigenvalue weighted by molar-refractivity contribution is -0.385. The van der Waals surface area contributed by atoms with Crippen LogP contribution < -0.4 is 14.8 Å². The van der Waals surface area contributed by atoms with Crippen molar-refractivity contribution < 1.29 is 33.1 Å². The molecule has 0 spiro atoms. The van der Waals surface area contributed by atoms with E-state index in [1.807, 2.05) is 0 Å². The molecule has 0 radical (unpaired) electrons. The molecule has 0 aliphatic rings. The van der Waals surface area contributed by atoms with E-state index in [0.29, 0.717) is 6.42 Å². The van der Waals surface area contributed by atoms with Gasteiger partial charge in [-0.25, -0.2) is 9.18 Å². The van der Waals surface area contributed by atoms with Crippen molar-refractivity contribution in [2.24, 2.45) is 0 Å². The SMILES string of the molecule is COc1cc(C(=O)OCC(=O)NCCc2ccc(F)cc2)c([N+](=O)[O-])cc1OC. The maximum Gasteiger partial charge on any atom is 0.345 e. The van der Waals surface area contributed by atoms with E-state index in [9.17, 15) is 24.1 Å². The second-order valence-electron chi connectivity index (χ2n) is 5.78. The summed E-state index contributed by atoms with van der Waals surface area (Å²) in [5, 5.41) is 13.8. The number of ether oxygens (including phenoxy) is 3. The van der Waals surface area contributed by atoms with Crippen LogP contribution in [-0.2, 0) is 16.0 Å². The van der Waals surface area contributed by atoms with Gasteiger partial charge in [0.15, 0.2) is 18.1 Å². The minimum Gasteiger partial charge on any atom is -0.493 e. The molecule has 29 heavy (non-hydrogen) atoms. The van der Waals surface area contributed by atoms with E-state index in [1.54, 1.807) is 12.1 Å². The Hall–Kier alpha value is -3.69. The van der Waals surface area contributed by atoms with Crippen LogP contribution in [-0.4, -0.2) is 44.2 Å². The maximum absolute atomic E-state index is 12.8. The van der Waals surface area contributed by atoms with E-state index in [-0.39, 0.29) is 29.4 Å². The van der Waals surface area contributed by atoms with Crippen LogP contribution in [0, 0.1) is 15.9 Å². The molecule has 9 nitrogen and oxygen atoms in total. The lowest BCUT2D eigenvalue weighted by Gasteiger charge is -2.10. The Labute approximate surface area is 165 Å². The van der Waals surface area contributed by atoms with Crippen LogP contribution in [0.25, 0.3) is 0 Å². The molecule has 154 valence electrons. The fourth-order valence-electron chi connectivity index (χ4n) is 2.44. The molecule has 0 heterocycles. The number of hydrogen-bond donors (Lipinski definition) is 1. The summed E-state index contributed by atoms with van der Waals surface area (Å²) in [5.74, 6) is -1.80. The number of nitro groups is 1. The molecule has 0 bridgehead atoms. The summed E-state index contributed by atoms with van der Waals surface area (Å²) < 4.78 is 27.7. The van der Waals surface area contributed by atoms with Crippen LogP contribution in [0.3, 0.4) is 0 Å². The van der Waals surface area contributed by atoms with Crippen molar-refractivity contribution in [2.45, 2.75) is 6.42 Å². The molecule has 1 amide bonds. The monoisotopic (exact) mass is 406 g/mol. The van der Waals surface area contributed by atoms with Crippen molar-refractivity contribution in [3.63, 3.8) is 0 Å². The van der Waals surface area contributed by atoms with Crippen molar-refractivity contribution in [1.29, 1.82) is 0 Å². The lowest BCUT2D eigenvalue weighted by Crippen LogP contribution is -2.30. The zero-order chi connectivity index (χ0) is 21.4. The molecule has 0 aromatic heterocycles. The highest BCUT2D eigenvalue weighted by Gasteiger charge is 2.26. The normalized spacial score (nSPS) is 10.2. The second kappa shape index (κ2) is 10.0. The third-order valence-corrected chi connectivity index (χ3v) is 3.90. The summed E-state index contributed by atoms with van der Waals surface area (Å²) in [7, 11) is 2.61. The minimum atomic E-state index is -1.05. The first-order chi connectivity index (χ1) is 13.8. The predicted molar refractivity (Wildman–Crippen MR) is 99.6 cm³/mol. The van der Waals surface area contributed by atoms with Crippen molar-refractivity contribution in [3.8, 4) is 11.5 Å². The fourth-order valence-corrected chi connectivity index (χ4v) is 2.44. The van der Waals surface area contributed by atoms with Crippen molar-refractivity contribution in [1.82, 2.24) is 5.32 Å². The number of carbonyl (C=O) groups is 2. The Morgan fingerprint density at radius 2 is 1.72 bits per heavy atom. The maximum atomic E-state index is 12.8. The lowest BCUT2D eigenvalue weighted by atomic mass is 10.1. The third kappa shape index (κ3) is 5.89. The molecule has 2 aromatic carbocycles. The molecular formula is C19H19FN2O7. The number of nitrogens with one attached hydrogen (secondary N) is 1. The average Bonchev–Trinajstić information content (AvgIpc) is 2.72. The molecule has 0 atom stereocenters. The topological polar surface area (TPSA) is 117 Å². The van der Waals surface area contributed by atoms with E-state index in [4.69, 9.17) is 14.2 Å². The number of nitrogens with zero attached hydrogens (tertiary/aromatic N) is 1. The molecular weight excluding hydrogens is 387 g/mol. The summed E-state index contributed by atoms with van der Waals surface area (Å²) in [6, 6.07) is 7.98. The van der Waals surface area contributed by atoms with Gasteiger partial charge in [0.05, 0.1) is 25.2 Å². The van der Waals surface area contributed by atoms with E-state index >= 15 is 0 Å². The molecule has 0 aliphatic heterocycles. The number of hydrogen-bond acceptors (Lipinski definition) is 7. The van der Waals surface area contributed by atoms with E-state index in [0.717, 1.165) is 17.7 Å². The summed E-state index contributed by atoms with van der Waals surface area (Å²) in [6.07, 6.45) is 0.459. The first-order valence-corrected chi connectivity index (χ1v) is 8.44. The van der Waals surface area contributed by atoms with Crippen LogP contribution in [0.1, 0.15) is 15.9 Å². The van der Waals surface area contributed by atoms with Gasteiger partial charge in [-0.2, -0.15) is 0 Å². The summed E-state index contributed by atoms with van der Waals surface area (Å²) in [4.78, 5) is 34.5. The summed E-state index contributed by atoms with van der Waals surface area (Å²) >= 11 is 0. The Kier molecular flexibility index (Phi) is 7.47. The largest absolute Gasteiger partial charge is 0.493 e. The van der Waals surface area contributed by atoms with Crippen LogP contribution in [0.4, 0.5) is 10.1 Å². The quantitative estimate of drug-likeness (QED) is 0.386. The molecule has 0 saturated heterocycles. The van der Waals surface area contributed by atoms with Crippen LogP contribution >= 0.6 is 0 Å². The third-order valence-electron chi connectivity index (χ3n) is 3.90. The van der Waals surface area contributed by atoms with Gasteiger partial charge in [-0.1, -0.05) is 12.1 Å². The molecule has 0 fully saturated rings. The molecule has 0 saturated carbocycles. The van der Waals surface area contributed by atoms with Gasteiger partial charge in [-0.3, -0.25) is 14.9 Å². The summed E-state index contributed by atoms with van der Waals surface area (Å²) in [5.41, 5.74) is -0.0826. The zero-order valence-corrected chi connectivity index (χ0v) is 15.8. The Morgan fingerprint density at radius 3 is 2.31 bits per heavy atom. The second-order valence-corrected chi connectivity index (χ2v) is 5.78. The predicted octanol–water partition coefficient (Wildman–Crippen LogP) is 2.27. The number of carbonyl (C=O) groups excluding carboxylic acids is 2. The molecule has 0 unspecified atom stereocenters.